The van der Waals surface area contributed by atoms with Crippen LogP contribution in [0.25, 0.3) is 5.69 Å². The van der Waals surface area contributed by atoms with Crippen LogP contribution in [0, 0.1) is 0 Å². The van der Waals surface area contributed by atoms with Gasteiger partial charge in [0.15, 0.2) is 0 Å². The van der Waals surface area contributed by atoms with Crippen molar-refractivity contribution in [1.82, 2.24) is 20.3 Å². The summed E-state index contributed by atoms with van der Waals surface area (Å²) in [5, 5.41) is 10.8. The van der Waals surface area contributed by atoms with Gasteiger partial charge in [0.2, 0.25) is 5.91 Å². The maximum absolute atomic E-state index is 11.2. The first-order valence-corrected chi connectivity index (χ1v) is 5.61. The molecule has 5 heteroatoms. The van der Waals surface area contributed by atoms with Crippen LogP contribution in [-0.4, -0.2) is 20.9 Å². The van der Waals surface area contributed by atoms with Gasteiger partial charge in [0.05, 0.1) is 17.9 Å². The summed E-state index contributed by atoms with van der Waals surface area (Å²) in [6.45, 7) is 5.25. The average Bonchev–Trinajstić information content (AvgIpc) is 2.89. The van der Waals surface area contributed by atoms with Crippen molar-refractivity contribution in [2.24, 2.45) is 0 Å². The number of hydrogen-bond donors (Lipinski definition) is 1. The average molecular weight is 242 g/mol. The molecular formula is C13H14N4O. The van der Waals surface area contributed by atoms with Crippen molar-refractivity contribution < 1.29 is 4.79 Å². The molecule has 1 heterocycles. The molecule has 0 bridgehead atoms. The van der Waals surface area contributed by atoms with Gasteiger partial charge in [0.1, 0.15) is 5.69 Å². The van der Waals surface area contributed by atoms with Crippen LogP contribution < -0.4 is 5.32 Å². The first kappa shape index (κ1) is 12.0. The third-order valence-electron chi connectivity index (χ3n) is 2.52. The van der Waals surface area contributed by atoms with Gasteiger partial charge in [-0.25, -0.2) is 4.68 Å². The van der Waals surface area contributed by atoms with E-state index in [0.29, 0.717) is 5.69 Å². The molecule has 0 aliphatic rings. The molecule has 1 amide bonds. The van der Waals surface area contributed by atoms with Gasteiger partial charge >= 0.3 is 0 Å². The van der Waals surface area contributed by atoms with Crippen LogP contribution in [0.2, 0.25) is 0 Å². The summed E-state index contributed by atoms with van der Waals surface area (Å²) in [6.07, 6.45) is 3.03. The Kier molecular flexibility index (Phi) is 3.52. The van der Waals surface area contributed by atoms with Crippen molar-refractivity contribution in [1.29, 1.82) is 0 Å². The van der Waals surface area contributed by atoms with Gasteiger partial charge in [-0.05, 0) is 25.1 Å². The van der Waals surface area contributed by atoms with Crippen LogP contribution in [-0.2, 0) is 4.79 Å². The fraction of sp³-hybridized carbons (Fsp3) is 0.154. The number of carbonyl (C=O) groups excluding carboxylic acids is 1. The molecule has 2 aromatic rings. The van der Waals surface area contributed by atoms with E-state index < -0.39 is 0 Å². The lowest BCUT2D eigenvalue weighted by atomic mass is 10.2. The highest BCUT2D eigenvalue weighted by Gasteiger charge is 2.11. The van der Waals surface area contributed by atoms with Crippen LogP contribution in [0.15, 0.2) is 49.2 Å². The van der Waals surface area contributed by atoms with Crippen LogP contribution >= 0.6 is 0 Å². The summed E-state index contributed by atoms with van der Waals surface area (Å²) >= 11 is 0. The minimum Gasteiger partial charge on any atom is -0.344 e. The Hall–Kier alpha value is -2.43. The monoisotopic (exact) mass is 242 g/mol. The van der Waals surface area contributed by atoms with Crippen LogP contribution in [0.5, 0.6) is 0 Å². The summed E-state index contributed by atoms with van der Waals surface area (Å²) in [6, 6.07) is 9.47. The van der Waals surface area contributed by atoms with E-state index in [9.17, 15) is 4.79 Å². The van der Waals surface area contributed by atoms with Gasteiger partial charge in [-0.2, -0.15) is 0 Å². The molecule has 1 aromatic heterocycles. The van der Waals surface area contributed by atoms with E-state index in [4.69, 9.17) is 0 Å². The highest BCUT2D eigenvalue weighted by molar-refractivity contribution is 5.87. The van der Waals surface area contributed by atoms with Gasteiger partial charge in [-0.3, -0.25) is 4.79 Å². The van der Waals surface area contributed by atoms with Gasteiger partial charge in [0.25, 0.3) is 0 Å². The van der Waals surface area contributed by atoms with Crippen molar-refractivity contribution in [3.8, 4) is 5.69 Å². The Morgan fingerprint density at radius 1 is 1.44 bits per heavy atom. The van der Waals surface area contributed by atoms with Crippen molar-refractivity contribution in [3.63, 3.8) is 0 Å². The number of carbonyl (C=O) groups is 1. The normalized spacial score (nSPS) is 11.8. The number of nitrogens with zero attached hydrogens (tertiary/aromatic N) is 3. The second-order valence-electron chi connectivity index (χ2n) is 3.86. The summed E-state index contributed by atoms with van der Waals surface area (Å²) in [7, 11) is 0. The Morgan fingerprint density at radius 3 is 2.83 bits per heavy atom. The van der Waals surface area contributed by atoms with Crippen molar-refractivity contribution >= 4 is 5.91 Å². The number of para-hydroxylation sites is 1. The number of rotatable bonds is 4. The van der Waals surface area contributed by atoms with E-state index in [-0.39, 0.29) is 11.9 Å². The van der Waals surface area contributed by atoms with Crippen molar-refractivity contribution in [2.45, 2.75) is 13.0 Å². The fourth-order valence-corrected chi connectivity index (χ4v) is 1.53. The van der Waals surface area contributed by atoms with Crippen LogP contribution in [0.4, 0.5) is 0 Å². The second kappa shape index (κ2) is 5.27. The zero-order valence-corrected chi connectivity index (χ0v) is 10.1. The number of aromatic nitrogens is 3. The third-order valence-corrected chi connectivity index (χ3v) is 2.52. The van der Waals surface area contributed by atoms with E-state index in [1.165, 1.54) is 6.08 Å². The van der Waals surface area contributed by atoms with E-state index >= 15 is 0 Å². The second-order valence-corrected chi connectivity index (χ2v) is 3.86. The minimum atomic E-state index is -0.225. The fourth-order valence-electron chi connectivity index (χ4n) is 1.53. The Labute approximate surface area is 105 Å². The zero-order valence-electron chi connectivity index (χ0n) is 10.1. The van der Waals surface area contributed by atoms with Crippen LogP contribution in [0.3, 0.4) is 0 Å². The molecule has 0 saturated heterocycles. The first-order chi connectivity index (χ1) is 8.70. The predicted molar refractivity (Wildman–Crippen MR) is 68.1 cm³/mol. The molecule has 0 radical (unpaired) electrons. The quantitative estimate of drug-likeness (QED) is 0.829. The number of hydrogen-bond acceptors (Lipinski definition) is 3. The summed E-state index contributed by atoms with van der Waals surface area (Å²) in [5.41, 5.74) is 1.63. The third kappa shape index (κ3) is 2.63. The molecule has 1 atom stereocenters. The standard InChI is InChI=1S/C13H14N4O/c1-3-13(18)14-10(2)12-9-17(16-15-12)11-7-5-4-6-8-11/h3-10H,1H2,2H3,(H,14,18). The van der Waals surface area contributed by atoms with E-state index in [1.807, 2.05) is 37.3 Å². The topological polar surface area (TPSA) is 59.8 Å². The maximum Gasteiger partial charge on any atom is 0.243 e. The molecule has 0 aliphatic heterocycles. The number of amides is 1. The highest BCUT2D eigenvalue weighted by atomic mass is 16.1. The smallest absolute Gasteiger partial charge is 0.243 e. The first-order valence-electron chi connectivity index (χ1n) is 5.61. The molecular weight excluding hydrogens is 228 g/mol. The van der Waals surface area contributed by atoms with E-state index in [0.717, 1.165) is 5.69 Å². The SMILES string of the molecule is C=CC(=O)NC(C)c1cn(-c2ccccc2)nn1. The molecule has 2 rings (SSSR count). The molecule has 1 N–H and O–H groups in total. The van der Waals surface area contributed by atoms with Crippen molar-refractivity contribution in [3.05, 3.63) is 54.9 Å². The molecule has 1 aromatic carbocycles. The minimum absolute atomic E-state index is 0.201. The van der Waals surface area contributed by atoms with E-state index in [2.05, 4.69) is 22.2 Å². The largest absolute Gasteiger partial charge is 0.344 e. The molecule has 0 aliphatic carbocycles. The Balaban J connectivity index is 2.15. The summed E-state index contributed by atoms with van der Waals surface area (Å²) in [5.74, 6) is -0.225. The van der Waals surface area contributed by atoms with Gasteiger partial charge < -0.3 is 5.32 Å². The molecule has 1 unspecified atom stereocenters. The molecule has 18 heavy (non-hydrogen) atoms. The van der Waals surface area contributed by atoms with Gasteiger partial charge in [0, 0.05) is 0 Å². The molecule has 0 spiro atoms. The number of nitrogens with one attached hydrogen (secondary N) is 1. The number of benzene rings is 1. The molecule has 5 nitrogen and oxygen atoms in total. The lowest BCUT2D eigenvalue weighted by molar-refractivity contribution is -0.117. The Morgan fingerprint density at radius 2 is 2.17 bits per heavy atom. The van der Waals surface area contributed by atoms with Crippen molar-refractivity contribution in [2.75, 3.05) is 0 Å². The lowest BCUT2D eigenvalue weighted by Crippen LogP contribution is -2.24. The Bertz CT molecular complexity index is 547. The summed E-state index contributed by atoms with van der Waals surface area (Å²) in [4.78, 5) is 11.2. The molecule has 92 valence electrons. The summed E-state index contributed by atoms with van der Waals surface area (Å²) < 4.78 is 1.67. The lowest BCUT2D eigenvalue weighted by Gasteiger charge is -2.07. The van der Waals surface area contributed by atoms with Gasteiger partial charge in [-0.15, -0.1) is 5.10 Å². The highest BCUT2D eigenvalue weighted by Crippen LogP contribution is 2.11. The van der Waals surface area contributed by atoms with Crippen LogP contribution in [0.1, 0.15) is 18.7 Å². The predicted octanol–water partition coefficient (Wildman–Crippen LogP) is 1.63. The van der Waals surface area contributed by atoms with Gasteiger partial charge in [-0.1, -0.05) is 30.0 Å². The maximum atomic E-state index is 11.2. The zero-order chi connectivity index (χ0) is 13.0. The molecule has 0 saturated carbocycles. The van der Waals surface area contributed by atoms with E-state index in [1.54, 1.807) is 10.9 Å². The molecule has 0 fully saturated rings.